The van der Waals surface area contributed by atoms with E-state index in [1.807, 2.05) is 12.3 Å². The lowest BCUT2D eigenvalue weighted by molar-refractivity contribution is 0.0714. The third-order valence-electron chi connectivity index (χ3n) is 4.37. The van der Waals surface area contributed by atoms with Crippen molar-refractivity contribution >= 4 is 0 Å². The Morgan fingerprint density at radius 2 is 1.75 bits per heavy atom. The standard InChI is InChI=1S/C18H23NO/c1-2-5-15(6-3-1)13-20-14-16-8-10-17(11-9-16)18-7-4-12-19-18/h1-7,12,16-17,19H,8-11,13-14H2. The van der Waals surface area contributed by atoms with Crippen molar-refractivity contribution in [1.82, 2.24) is 4.98 Å². The summed E-state index contributed by atoms with van der Waals surface area (Å²) in [5.74, 6) is 1.47. The van der Waals surface area contributed by atoms with E-state index in [0.717, 1.165) is 25.0 Å². The molecule has 0 bridgehead atoms. The van der Waals surface area contributed by atoms with E-state index in [1.165, 1.54) is 36.9 Å². The number of H-pyrrole nitrogens is 1. The normalized spacial score (nSPS) is 22.8. The van der Waals surface area contributed by atoms with Crippen molar-refractivity contribution in [2.45, 2.75) is 38.2 Å². The first-order chi connectivity index (χ1) is 9.92. The first-order valence-electron chi connectivity index (χ1n) is 7.67. The van der Waals surface area contributed by atoms with Gasteiger partial charge in [-0.2, -0.15) is 0 Å². The van der Waals surface area contributed by atoms with E-state index in [0.29, 0.717) is 0 Å². The molecule has 0 atom stereocenters. The van der Waals surface area contributed by atoms with Gasteiger partial charge in [0, 0.05) is 18.5 Å². The Morgan fingerprint density at radius 3 is 2.45 bits per heavy atom. The van der Waals surface area contributed by atoms with Crippen molar-refractivity contribution in [3.05, 3.63) is 59.9 Å². The molecule has 1 aliphatic carbocycles. The summed E-state index contributed by atoms with van der Waals surface area (Å²) < 4.78 is 5.88. The summed E-state index contributed by atoms with van der Waals surface area (Å²) in [6.07, 6.45) is 7.20. The van der Waals surface area contributed by atoms with Crippen LogP contribution in [-0.4, -0.2) is 11.6 Å². The van der Waals surface area contributed by atoms with Crippen molar-refractivity contribution < 1.29 is 4.74 Å². The number of aromatic amines is 1. The summed E-state index contributed by atoms with van der Waals surface area (Å²) in [7, 11) is 0. The van der Waals surface area contributed by atoms with Crippen LogP contribution in [-0.2, 0) is 11.3 Å². The van der Waals surface area contributed by atoms with Crippen molar-refractivity contribution in [2.75, 3.05) is 6.61 Å². The lowest BCUT2D eigenvalue weighted by Gasteiger charge is -2.27. The van der Waals surface area contributed by atoms with E-state index in [1.54, 1.807) is 0 Å². The Balaban J connectivity index is 1.39. The van der Waals surface area contributed by atoms with Gasteiger partial charge in [-0.1, -0.05) is 30.3 Å². The third kappa shape index (κ3) is 3.51. The highest BCUT2D eigenvalue weighted by Crippen LogP contribution is 2.35. The number of hydrogen-bond donors (Lipinski definition) is 1. The number of hydrogen-bond acceptors (Lipinski definition) is 1. The van der Waals surface area contributed by atoms with Gasteiger partial charge in [-0.3, -0.25) is 0 Å². The third-order valence-corrected chi connectivity index (χ3v) is 4.37. The Hall–Kier alpha value is -1.54. The number of benzene rings is 1. The number of rotatable bonds is 5. The largest absolute Gasteiger partial charge is 0.376 e. The van der Waals surface area contributed by atoms with Crippen LogP contribution in [0.4, 0.5) is 0 Å². The van der Waals surface area contributed by atoms with Crippen molar-refractivity contribution in [1.29, 1.82) is 0 Å². The summed E-state index contributed by atoms with van der Waals surface area (Å²) in [6, 6.07) is 14.8. The second-order valence-electron chi connectivity index (χ2n) is 5.84. The molecule has 1 aromatic carbocycles. The zero-order chi connectivity index (χ0) is 13.6. The predicted octanol–water partition coefficient (Wildman–Crippen LogP) is 4.51. The maximum atomic E-state index is 5.88. The molecule has 1 aromatic heterocycles. The van der Waals surface area contributed by atoms with E-state index >= 15 is 0 Å². The number of nitrogens with one attached hydrogen (secondary N) is 1. The predicted molar refractivity (Wildman–Crippen MR) is 81.6 cm³/mol. The highest BCUT2D eigenvalue weighted by atomic mass is 16.5. The Labute approximate surface area is 121 Å². The highest BCUT2D eigenvalue weighted by molar-refractivity contribution is 5.13. The fourth-order valence-corrected chi connectivity index (χ4v) is 3.16. The molecule has 20 heavy (non-hydrogen) atoms. The lowest BCUT2D eigenvalue weighted by Crippen LogP contribution is -2.18. The minimum Gasteiger partial charge on any atom is -0.376 e. The Kier molecular flexibility index (Phi) is 4.54. The molecule has 0 saturated heterocycles. The highest BCUT2D eigenvalue weighted by Gasteiger charge is 2.22. The van der Waals surface area contributed by atoms with Crippen molar-refractivity contribution in [3.8, 4) is 0 Å². The summed E-state index contributed by atoms with van der Waals surface area (Å²) in [5, 5.41) is 0. The first-order valence-corrected chi connectivity index (χ1v) is 7.67. The molecular weight excluding hydrogens is 246 g/mol. The molecule has 1 aliphatic rings. The fraction of sp³-hybridized carbons (Fsp3) is 0.444. The van der Waals surface area contributed by atoms with Gasteiger partial charge in [-0.05, 0) is 55.2 Å². The van der Waals surface area contributed by atoms with Crippen LogP contribution in [0.25, 0.3) is 0 Å². The zero-order valence-electron chi connectivity index (χ0n) is 11.9. The number of ether oxygens (including phenoxy) is 1. The van der Waals surface area contributed by atoms with Gasteiger partial charge < -0.3 is 9.72 Å². The van der Waals surface area contributed by atoms with Gasteiger partial charge in [0.1, 0.15) is 0 Å². The van der Waals surface area contributed by atoms with Crippen LogP contribution in [0.1, 0.15) is 42.9 Å². The smallest absolute Gasteiger partial charge is 0.0717 e. The Bertz CT molecular complexity index is 483. The van der Waals surface area contributed by atoms with Crippen LogP contribution in [0.2, 0.25) is 0 Å². The molecule has 0 spiro atoms. The average Bonchev–Trinajstić information content (AvgIpc) is 3.03. The van der Waals surface area contributed by atoms with Gasteiger partial charge in [0.15, 0.2) is 0 Å². The monoisotopic (exact) mass is 269 g/mol. The lowest BCUT2D eigenvalue weighted by atomic mass is 9.81. The van der Waals surface area contributed by atoms with Crippen LogP contribution >= 0.6 is 0 Å². The summed E-state index contributed by atoms with van der Waals surface area (Å²) in [6.45, 7) is 1.66. The average molecular weight is 269 g/mol. The molecule has 0 unspecified atom stereocenters. The molecule has 0 radical (unpaired) electrons. The molecule has 0 aliphatic heterocycles. The molecule has 2 nitrogen and oxygen atoms in total. The van der Waals surface area contributed by atoms with Gasteiger partial charge in [0.05, 0.1) is 6.61 Å². The Morgan fingerprint density at radius 1 is 0.950 bits per heavy atom. The van der Waals surface area contributed by atoms with E-state index in [9.17, 15) is 0 Å². The van der Waals surface area contributed by atoms with Crippen LogP contribution in [0, 0.1) is 5.92 Å². The first kappa shape index (κ1) is 13.4. The van der Waals surface area contributed by atoms with Gasteiger partial charge in [0.25, 0.3) is 0 Å². The molecule has 3 rings (SSSR count). The zero-order valence-corrected chi connectivity index (χ0v) is 11.9. The molecule has 2 heteroatoms. The van der Waals surface area contributed by atoms with E-state index in [2.05, 4.69) is 41.4 Å². The van der Waals surface area contributed by atoms with Crippen LogP contribution in [0.3, 0.4) is 0 Å². The van der Waals surface area contributed by atoms with Gasteiger partial charge >= 0.3 is 0 Å². The quantitative estimate of drug-likeness (QED) is 0.849. The topological polar surface area (TPSA) is 25.0 Å². The minimum absolute atomic E-state index is 0.732. The van der Waals surface area contributed by atoms with E-state index in [4.69, 9.17) is 4.74 Å². The molecular formula is C18H23NO. The van der Waals surface area contributed by atoms with Crippen LogP contribution < -0.4 is 0 Å². The van der Waals surface area contributed by atoms with Gasteiger partial charge in [-0.15, -0.1) is 0 Å². The fourth-order valence-electron chi connectivity index (χ4n) is 3.16. The summed E-state index contributed by atoms with van der Waals surface area (Å²) in [4.78, 5) is 3.36. The second-order valence-corrected chi connectivity index (χ2v) is 5.84. The van der Waals surface area contributed by atoms with Crippen LogP contribution in [0.5, 0.6) is 0 Å². The van der Waals surface area contributed by atoms with Crippen LogP contribution in [0.15, 0.2) is 48.7 Å². The molecule has 0 amide bonds. The SMILES string of the molecule is c1ccc(COCC2CCC(c3ccc[nH]3)CC2)cc1. The maximum Gasteiger partial charge on any atom is 0.0717 e. The van der Waals surface area contributed by atoms with Gasteiger partial charge in [0.2, 0.25) is 0 Å². The second kappa shape index (κ2) is 6.76. The van der Waals surface area contributed by atoms with E-state index in [-0.39, 0.29) is 0 Å². The number of aromatic nitrogens is 1. The maximum absolute atomic E-state index is 5.88. The molecule has 2 aromatic rings. The van der Waals surface area contributed by atoms with Crippen molar-refractivity contribution in [2.24, 2.45) is 5.92 Å². The molecule has 1 saturated carbocycles. The molecule has 106 valence electrons. The van der Waals surface area contributed by atoms with E-state index < -0.39 is 0 Å². The van der Waals surface area contributed by atoms with Gasteiger partial charge in [-0.25, -0.2) is 0 Å². The van der Waals surface area contributed by atoms with Crippen molar-refractivity contribution in [3.63, 3.8) is 0 Å². The minimum atomic E-state index is 0.732. The summed E-state index contributed by atoms with van der Waals surface area (Å²) >= 11 is 0. The molecule has 1 heterocycles. The summed E-state index contributed by atoms with van der Waals surface area (Å²) in [5.41, 5.74) is 2.68. The molecule has 1 fully saturated rings. The molecule has 1 N–H and O–H groups in total.